The molecule has 19 heavy (non-hydrogen) atoms. The normalized spacial score (nSPS) is 25.4. The van der Waals surface area contributed by atoms with Crippen LogP contribution in [-0.4, -0.2) is 28.5 Å². The predicted octanol–water partition coefficient (Wildman–Crippen LogP) is 2.78. The van der Waals surface area contributed by atoms with Gasteiger partial charge in [0.2, 0.25) is 0 Å². The Hall–Kier alpha value is -0.390. The lowest BCUT2D eigenvalue weighted by Crippen LogP contribution is -2.60. The summed E-state index contributed by atoms with van der Waals surface area (Å²) in [6.45, 7) is 10.3. The molecule has 1 aliphatic rings. The van der Waals surface area contributed by atoms with Gasteiger partial charge in [-0.1, -0.05) is 13.8 Å². The van der Waals surface area contributed by atoms with Crippen LogP contribution < -0.4 is 5.32 Å². The van der Waals surface area contributed by atoms with Crippen molar-refractivity contribution in [3.63, 3.8) is 0 Å². The van der Waals surface area contributed by atoms with Crippen LogP contribution >= 0.6 is 15.9 Å². The van der Waals surface area contributed by atoms with Gasteiger partial charge >= 0.3 is 0 Å². The van der Waals surface area contributed by atoms with Crippen LogP contribution in [0.25, 0.3) is 0 Å². The summed E-state index contributed by atoms with van der Waals surface area (Å²) < 4.78 is 8.81. The molecule has 1 aliphatic carbocycles. The lowest BCUT2D eigenvalue weighted by molar-refractivity contribution is -0.114. The fraction of sp³-hybridized carbons (Fsp3) is 0.786. The van der Waals surface area contributed by atoms with Gasteiger partial charge in [0.1, 0.15) is 0 Å². The van der Waals surface area contributed by atoms with E-state index in [1.165, 1.54) is 5.69 Å². The number of halogens is 1. The second-order valence-electron chi connectivity index (χ2n) is 5.90. The quantitative estimate of drug-likeness (QED) is 0.902. The van der Waals surface area contributed by atoms with Crippen LogP contribution in [0.5, 0.6) is 0 Å². The maximum absolute atomic E-state index is 5.76. The van der Waals surface area contributed by atoms with E-state index in [1.54, 1.807) is 0 Å². The predicted molar refractivity (Wildman–Crippen MR) is 80.1 cm³/mol. The Balaban J connectivity index is 1.94. The largest absolute Gasteiger partial charge is 0.378 e. The number of nitrogens with zero attached hydrogens (tertiary/aromatic N) is 2. The molecule has 0 amide bonds. The molecule has 108 valence electrons. The Bertz CT molecular complexity index is 456. The highest BCUT2D eigenvalue weighted by molar-refractivity contribution is 9.10. The van der Waals surface area contributed by atoms with Crippen LogP contribution in [-0.2, 0) is 18.3 Å². The number of hydrogen-bond acceptors (Lipinski definition) is 3. The molecule has 0 saturated heterocycles. The molecule has 0 aromatic carbocycles. The number of rotatable bonds is 5. The SMILES string of the molecule is CCOC1CC(NCc2c(Br)c(C)nn2C)C1(C)C. The molecule has 0 bridgehead atoms. The molecule has 0 radical (unpaired) electrons. The topological polar surface area (TPSA) is 39.1 Å². The zero-order valence-corrected chi connectivity index (χ0v) is 14.0. The number of aryl methyl sites for hydroxylation is 2. The first-order chi connectivity index (χ1) is 8.87. The molecule has 1 saturated carbocycles. The average Bonchev–Trinajstić information content (AvgIpc) is 2.58. The molecule has 1 heterocycles. The number of ether oxygens (including phenoxy) is 1. The highest BCUT2D eigenvalue weighted by Crippen LogP contribution is 2.42. The van der Waals surface area contributed by atoms with Gasteiger partial charge in [0, 0.05) is 31.7 Å². The van der Waals surface area contributed by atoms with Crippen molar-refractivity contribution in [2.45, 2.75) is 52.8 Å². The molecular formula is C14H24BrN3O. The first-order valence-corrected chi connectivity index (χ1v) is 7.70. The maximum atomic E-state index is 5.76. The van der Waals surface area contributed by atoms with Crippen molar-refractivity contribution in [1.82, 2.24) is 15.1 Å². The summed E-state index contributed by atoms with van der Waals surface area (Å²) in [5.74, 6) is 0. The van der Waals surface area contributed by atoms with Gasteiger partial charge in [-0.15, -0.1) is 0 Å². The van der Waals surface area contributed by atoms with E-state index < -0.39 is 0 Å². The molecule has 1 fully saturated rings. The van der Waals surface area contributed by atoms with E-state index in [0.717, 1.165) is 29.7 Å². The smallest absolute Gasteiger partial charge is 0.0739 e. The lowest BCUT2D eigenvalue weighted by Gasteiger charge is -2.52. The summed E-state index contributed by atoms with van der Waals surface area (Å²) in [5, 5.41) is 8.06. The van der Waals surface area contributed by atoms with E-state index in [4.69, 9.17) is 4.74 Å². The van der Waals surface area contributed by atoms with Crippen molar-refractivity contribution in [2.24, 2.45) is 12.5 Å². The third kappa shape index (κ3) is 2.73. The summed E-state index contributed by atoms with van der Waals surface area (Å²) in [7, 11) is 1.99. The van der Waals surface area contributed by atoms with Crippen LogP contribution in [0.15, 0.2) is 4.47 Å². The standard InChI is InChI=1S/C14H24BrN3O/c1-6-19-12-7-11(14(12,3)4)16-8-10-13(15)9(2)17-18(10)5/h11-12,16H,6-8H2,1-5H3. The van der Waals surface area contributed by atoms with Crippen molar-refractivity contribution in [3.05, 3.63) is 15.9 Å². The second-order valence-corrected chi connectivity index (χ2v) is 6.70. The Morgan fingerprint density at radius 2 is 2.21 bits per heavy atom. The summed E-state index contributed by atoms with van der Waals surface area (Å²) in [6, 6.07) is 0.506. The van der Waals surface area contributed by atoms with Crippen molar-refractivity contribution >= 4 is 15.9 Å². The van der Waals surface area contributed by atoms with Gasteiger partial charge in [0.15, 0.2) is 0 Å². The zero-order valence-electron chi connectivity index (χ0n) is 12.5. The molecule has 2 rings (SSSR count). The molecule has 1 aromatic rings. The van der Waals surface area contributed by atoms with Crippen molar-refractivity contribution in [2.75, 3.05) is 6.61 Å². The molecule has 2 atom stereocenters. The Morgan fingerprint density at radius 1 is 1.53 bits per heavy atom. The summed E-state index contributed by atoms with van der Waals surface area (Å²) in [6.07, 6.45) is 1.47. The first kappa shape index (κ1) is 15.0. The Morgan fingerprint density at radius 3 is 2.68 bits per heavy atom. The molecule has 0 spiro atoms. The molecule has 2 unspecified atom stereocenters. The monoisotopic (exact) mass is 329 g/mol. The minimum absolute atomic E-state index is 0.204. The second kappa shape index (κ2) is 5.54. The van der Waals surface area contributed by atoms with E-state index in [2.05, 4.69) is 47.1 Å². The summed E-state index contributed by atoms with van der Waals surface area (Å²) >= 11 is 3.61. The fourth-order valence-corrected chi connectivity index (χ4v) is 3.28. The molecule has 0 aliphatic heterocycles. The van der Waals surface area contributed by atoms with Crippen molar-refractivity contribution in [3.8, 4) is 0 Å². The minimum atomic E-state index is 0.204. The molecular weight excluding hydrogens is 306 g/mol. The Kier molecular flexibility index (Phi) is 4.38. The van der Waals surface area contributed by atoms with E-state index in [-0.39, 0.29) is 5.41 Å². The molecule has 5 heteroatoms. The van der Waals surface area contributed by atoms with Gasteiger partial charge in [0.05, 0.1) is 22.0 Å². The summed E-state index contributed by atoms with van der Waals surface area (Å²) in [5.41, 5.74) is 2.45. The highest BCUT2D eigenvalue weighted by atomic mass is 79.9. The van der Waals surface area contributed by atoms with Gasteiger partial charge < -0.3 is 10.1 Å². The van der Waals surface area contributed by atoms with Crippen LogP contribution in [0.3, 0.4) is 0 Å². The molecule has 1 N–H and O–H groups in total. The van der Waals surface area contributed by atoms with E-state index in [9.17, 15) is 0 Å². The number of hydrogen-bond donors (Lipinski definition) is 1. The van der Waals surface area contributed by atoms with Gasteiger partial charge in [-0.25, -0.2) is 0 Å². The van der Waals surface area contributed by atoms with E-state index >= 15 is 0 Å². The average molecular weight is 330 g/mol. The van der Waals surface area contributed by atoms with Gasteiger partial charge in [0.25, 0.3) is 0 Å². The zero-order chi connectivity index (χ0) is 14.2. The molecule has 4 nitrogen and oxygen atoms in total. The van der Waals surface area contributed by atoms with Crippen LogP contribution in [0, 0.1) is 12.3 Å². The summed E-state index contributed by atoms with van der Waals surface area (Å²) in [4.78, 5) is 0. The van der Waals surface area contributed by atoms with E-state index in [0.29, 0.717) is 12.1 Å². The number of aromatic nitrogens is 2. The maximum Gasteiger partial charge on any atom is 0.0739 e. The van der Waals surface area contributed by atoms with E-state index in [1.807, 2.05) is 18.7 Å². The van der Waals surface area contributed by atoms with Crippen molar-refractivity contribution in [1.29, 1.82) is 0 Å². The Labute approximate surface area is 124 Å². The van der Waals surface area contributed by atoms with Gasteiger partial charge in [-0.2, -0.15) is 5.10 Å². The minimum Gasteiger partial charge on any atom is -0.378 e. The van der Waals surface area contributed by atoms with Gasteiger partial charge in [-0.05, 0) is 36.2 Å². The van der Waals surface area contributed by atoms with Gasteiger partial charge in [-0.3, -0.25) is 4.68 Å². The third-order valence-corrected chi connectivity index (χ3v) is 5.35. The first-order valence-electron chi connectivity index (χ1n) is 6.90. The van der Waals surface area contributed by atoms with Crippen LogP contribution in [0.2, 0.25) is 0 Å². The number of nitrogens with one attached hydrogen (secondary N) is 1. The highest BCUT2D eigenvalue weighted by Gasteiger charge is 2.48. The fourth-order valence-electron chi connectivity index (χ4n) is 2.81. The molecule has 1 aromatic heterocycles. The lowest BCUT2D eigenvalue weighted by atomic mass is 9.64. The van der Waals surface area contributed by atoms with Crippen LogP contribution in [0.4, 0.5) is 0 Å². The van der Waals surface area contributed by atoms with Crippen molar-refractivity contribution < 1.29 is 4.74 Å². The third-order valence-electron chi connectivity index (χ3n) is 4.32. The van der Waals surface area contributed by atoms with Crippen LogP contribution in [0.1, 0.15) is 38.6 Å².